The van der Waals surface area contributed by atoms with Gasteiger partial charge in [-0.3, -0.25) is 4.79 Å². The molecule has 0 spiro atoms. The van der Waals surface area contributed by atoms with E-state index >= 15 is 0 Å². The number of carbonyl (C=O) groups excluding carboxylic acids is 1. The quantitative estimate of drug-likeness (QED) is 0.712. The van der Waals surface area contributed by atoms with Crippen LogP contribution in [0.25, 0.3) is 0 Å². The molecule has 1 amide bonds. The molecule has 20 heavy (non-hydrogen) atoms. The van der Waals surface area contributed by atoms with Gasteiger partial charge in [0, 0.05) is 30.2 Å². The lowest BCUT2D eigenvalue weighted by Gasteiger charge is -2.17. The summed E-state index contributed by atoms with van der Waals surface area (Å²) in [6, 6.07) is 6.34. The number of amides is 1. The first-order chi connectivity index (χ1) is 9.65. The molecular weight excluding hydrogens is 275 g/mol. The largest absolute Gasteiger partial charge is 0.355 e. The number of carbonyl (C=O) groups is 1. The molecule has 1 aromatic carbocycles. The molecule has 0 aliphatic carbocycles. The topological polar surface area (TPSA) is 32.3 Å². The molecule has 0 aliphatic heterocycles. The van der Waals surface area contributed by atoms with Crippen molar-refractivity contribution in [3.05, 3.63) is 30.1 Å². The van der Waals surface area contributed by atoms with Gasteiger partial charge in [-0.2, -0.15) is 0 Å². The summed E-state index contributed by atoms with van der Waals surface area (Å²) in [6.45, 7) is 7.83. The summed E-state index contributed by atoms with van der Waals surface area (Å²) in [4.78, 5) is 14.9. The number of thioether (sulfide) groups is 1. The minimum absolute atomic E-state index is 0.0757. The van der Waals surface area contributed by atoms with E-state index in [2.05, 4.69) is 24.1 Å². The summed E-state index contributed by atoms with van der Waals surface area (Å²) in [5.41, 5.74) is 0. The molecule has 112 valence electrons. The predicted octanol–water partition coefficient (Wildman–Crippen LogP) is 2.77. The molecule has 1 N–H and O–H groups in total. The van der Waals surface area contributed by atoms with Crippen LogP contribution < -0.4 is 5.32 Å². The third-order valence-electron chi connectivity index (χ3n) is 3.06. The lowest BCUT2D eigenvalue weighted by molar-refractivity contribution is -0.120. The second-order valence-electron chi connectivity index (χ2n) is 4.43. The standard InChI is InChI=1S/C15H23FN2OS/c1-3-18(4-2)11-10-17-15(19)9-12-20-14-7-5-13(16)6-8-14/h5-8H,3-4,9-12H2,1-2H3,(H,17,19). The lowest BCUT2D eigenvalue weighted by Crippen LogP contribution is -2.34. The monoisotopic (exact) mass is 298 g/mol. The minimum Gasteiger partial charge on any atom is -0.355 e. The average molecular weight is 298 g/mol. The van der Waals surface area contributed by atoms with Gasteiger partial charge >= 0.3 is 0 Å². The van der Waals surface area contributed by atoms with Crippen molar-refractivity contribution in [1.82, 2.24) is 10.2 Å². The van der Waals surface area contributed by atoms with E-state index in [1.165, 1.54) is 12.1 Å². The van der Waals surface area contributed by atoms with Crippen LogP contribution in [0, 0.1) is 5.82 Å². The van der Waals surface area contributed by atoms with Crippen LogP contribution in [-0.2, 0) is 4.79 Å². The SMILES string of the molecule is CCN(CC)CCNC(=O)CCSc1ccc(F)cc1. The molecule has 1 aromatic rings. The van der Waals surface area contributed by atoms with Crippen LogP contribution in [0.4, 0.5) is 4.39 Å². The maximum absolute atomic E-state index is 12.7. The molecule has 0 aromatic heterocycles. The Balaban J connectivity index is 2.12. The Morgan fingerprint density at radius 1 is 1.25 bits per heavy atom. The first-order valence-corrected chi connectivity index (χ1v) is 8.01. The summed E-state index contributed by atoms with van der Waals surface area (Å²) >= 11 is 1.57. The second kappa shape index (κ2) is 9.77. The number of hydrogen-bond donors (Lipinski definition) is 1. The Morgan fingerprint density at radius 2 is 1.90 bits per heavy atom. The molecular formula is C15H23FN2OS. The molecule has 0 fully saturated rings. The fourth-order valence-electron chi connectivity index (χ4n) is 1.77. The van der Waals surface area contributed by atoms with Gasteiger partial charge < -0.3 is 10.2 Å². The van der Waals surface area contributed by atoms with Crippen molar-refractivity contribution in [2.24, 2.45) is 0 Å². The van der Waals surface area contributed by atoms with Crippen LogP contribution in [0.3, 0.4) is 0 Å². The van der Waals surface area contributed by atoms with E-state index in [0.717, 1.165) is 24.5 Å². The first-order valence-electron chi connectivity index (χ1n) is 7.03. The van der Waals surface area contributed by atoms with Crippen LogP contribution in [0.2, 0.25) is 0 Å². The van der Waals surface area contributed by atoms with Crippen LogP contribution in [-0.4, -0.2) is 42.7 Å². The Kier molecular flexibility index (Phi) is 8.30. The third kappa shape index (κ3) is 6.91. The van der Waals surface area contributed by atoms with E-state index in [0.29, 0.717) is 18.7 Å². The maximum atomic E-state index is 12.7. The summed E-state index contributed by atoms with van der Waals surface area (Å²) in [5, 5.41) is 2.92. The van der Waals surface area contributed by atoms with Crippen molar-refractivity contribution in [1.29, 1.82) is 0 Å². The number of likely N-dealkylation sites (N-methyl/N-ethyl adjacent to an activating group) is 1. The molecule has 0 saturated carbocycles. The van der Waals surface area contributed by atoms with Gasteiger partial charge in [-0.25, -0.2) is 4.39 Å². The molecule has 1 rings (SSSR count). The van der Waals surface area contributed by atoms with Gasteiger partial charge in [0.15, 0.2) is 0 Å². The Bertz CT molecular complexity index is 393. The molecule has 0 atom stereocenters. The molecule has 0 heterocycles. The Morgan fingerprint density at radius 3 is 2.50 bits per heavy atom. The fourth-order valence-corrected chi connectivity index (χ4v) is 2.63. The highest BCUT2D eigenvalue weighted by atomic mass is 32.2. The van der Waals surface area contributed by atoms with Crippen molar-refractivity contribution in [2.45, 2.75) is 25.2 Å². The second-order valence-corrected chi connectivity index (χ2v) is 5.60. The van der Waals surface area contributed by atoms with Crippen molar-refractivity contribution in [3.8, 4) is 0 Å². The number of halogens is 1. The van der Waals surface area contributed by atoms with E-state index in [1.807, 2.05) is 0 Å². The van der Waals surface area contributed by atoms with Gasteiger partial charge in [-0.05, 0) is 37.4 Å². The molecule has 0 aliphatic rings. The van der Waals surface area contributed by atoms with Crippen LogP contribution in [0.1, 0.15) is 20.3 Å². The summed E-state index contributed by atoms with van der Waals surface area (Å²) in [7, 11) is 0. The van der Waals surface area contributed by atoms with Crippen molar-refractivity contribution in [3.63, 3.8) is 0 Å². The number of nitrogens with zero attached hydrogens (tertiary/aromatic N) is 1. The van der Waals surface area contributed by atoms with Gasteiger partial charge in [0.25, 0.3) is 0 Å². The van der Waals surface area contributed by atoms with Gasteiger partial charge in [0.1, 0.15) is 5.82 Å². The Labute approximate surface area is 124 Å². The van der Waals surface area contributed by atoms with Crippen LogP contribution in [0.15, 0.2) is 29.2 Å². The lowest BCUT2D eigenvalue weighted by atomic mass is 10.4. The highest BCUT2D eigenvalue weighted by Gasteiger charge is 2.03. The van der Waals surface area contributed by atoms with Crippen molar-refractivity contribution >= 4 is 17.7 Å². The highest BCUT2D eigenvalue weighted by Crippen LogP contribution is 2.18. The predicted molar refractivity (Wildman–Crippen MR) is 82.5 cm³/mol. The summed E-state index contributed by atoms with van der Waals surface area (Å²) in [6.07, 6.45) is 0.486. The fraction of sp³-hybridized carbons (Fsp3) is 0.533. The van der Waals surface area contributed by atoms with Gasteiger partial charge in [-0.15, -0.1) is 11.8 Å². The van der Waals surface area contributed by atoms with E-state index in [4.69, 9.17) is 0 Å². The average Bonchev–Trinajstić information content (AvgIpc) is 2.46. The number of benzene rings is 1. The maximum Gasteiger partial charge on any atom is 0.220 e. The zero-order valence-electron chi connectivity index (χ0n) is 12.2. The summed E-state index contributed by atoms with van der Waals surface area (Å²) < 4.78 is 12.7. The summed E-state index contributed by atoms with van der Waals surface area (Å²) in [5.74, 6) is 0.554. The van der Waals surface area contributed by atoms with Gasteiger partial charge in [0.05, 0.1) is 0 Å². The number of hydrogen-bond acceptors (Lipinski definition) is 3. The minimum atomic E-state index is -0.233. The smallest absolute Gasteiger partial charge is 0.220 e. The normalized spacial score (nSPS) is 10.8. The highest BCUT2D eigenvalue weighted by molar-refractivity contribution is 7.99. The molecule has 0 unspecified atom stereocenters. The van der Waals surface area contributed by atoms with Crippen LogP contribution >= 0.6 is 11.8 Å². The number of nitrogens with one attached hydrogen (secondary N) is 1. The first kappa shape index (κ1) is 17.0. The molecule has 0 saturated heterocycles. The third-order valence-corrected chi connectivity index (χ3v) is 4.07. The van der Waals surface area contributed by atoms with E-state index in [-0.39, 0.29) is 11.7 Å². The van der Waals surface area contributed by atoms with Crippen LogP contribution in [0.5, 0.6) is 0 Å². The van der Waals surface area contributed by atoms with E-state index in [1.54, 1.807) is 23.9 Å². The molecule has 3 nitrogen and oxygen atoms in total. The van der Waals surface area contributed by atoms with E-state index in [9.17, 15) is 9.18 Å². The van der Waals surface area contributed by atoms with Gasteiger partial charge in [0.2, 0.25) is 5.91 Å². The number of rotatable bonds is 9. The molecule has 0 radical (unpaired) electrons. The van der Waals surface area contributed by atoms with E-state index < -0.39 is 0 Å². The molecule has 0 bridgehead atoms. The Hall–Kier alpha value is -1.07. The molecule has 5 heteroatoms. The van der Waals surface area contributed by atoms with Crippen molar-refractivity contribution in [2.75, 3.05) is 31.9 Å². The van der Waals surface area contributed by atoms with Crippen molar-refractivity contribution < 1.29 is 9.18 Å². The zero-order valence-corrected chi connectivity index (χ0v) is 13.0. The van der Waals surface area contributed by atoms with Gasteiger partial charge in [-0.1, -0.05) is 13.8 Å². The zero-order chi connectivity index (χ0) is 14.8.